The van der Waals surface area contributed by atoms with Gasteiger partial charge in [0, 0.05) is 26.1 Å². The molecule has 22 heavy (non-hydrogen) atoms. The van der Waals surface area contributed by atoms with Crippen molar-refractivity contribution < 1.29 is 20.1 Å². The third-order valence-electron chi connectivity index (χ3n) is 5.03. The second kappa shape index (κ2) is 5.81. The van der Waals surface area contributed by atoms with Gasteiger partial charge >= 0.3 is 0 Å². The van der Waals surface area contributed by atoms with Crippen molar-refractivity contribution in [1.29, 1.82) is 0 Å². The fourth-order valence-corrected chi connectivity index (χ4v) is 3.61. The molecule has 0 saturated carbocycles. The lowest BCUT2D eigenvalue weighted by atomic mass is 9.76. The second-order valence-corrected chi connectivity index (χ2v) is 6.99. The number of likely N-dealkylation sites (tertiary alicyclic amines) is 1. The molecule has 0 radical (unpaired) electrons. The van der Waals surface area contributed by atoms with E-state index in [1.54, 1.807) is 19.1 Å². The van der Waals surface area contributed by atoms with E-state index < -0.39 is 11.7 Å². The highest BCUT2D eigenvalue weighted by Gasteiger charge is 2.48. The Hall–Kier alpha value is -1.14. The third-order valence-corrected chi connectivity index (χ3v) is 5.03. The fourth-order valence-electron chi connectivity index (χ4n) is 3.61. The molecule has 1 aromatic carbocycles. The van der Waals surface area contributed by atoms with E-state index >= 15 is 0 Å². The molecule has 2 atom stereocenters. The molecule has 2 heterocycles. The van der Waals surface area contributed by atoms with Crippen molar-refractivity contribution in [1.82, 2.24) is 4.90 Å². The first-order valence-corrected chi connectivity index (χ1v) is 7.93. The number of aliphatic hydroxyl groups is 2. The Morgan fingerprint density at radius 3 is 2.68 bits per heavy atom. The Kier molecular flexibility index (Phi) is 4.16. The molecule has 1 aromatic rings. The van der Waals surface area contributed by atoms with Gasteiger partial charge in [0.05, 0.1) is 17.8 Å². The average Bonchev–Trinajstić information content (AvgIpc) is 2.46. The maximum Gasteiger partial charge on any atom is 0.115 e. The van der Waals surface area contributed by atoms with Gasteiger partial charge in [0.1, 0.15) is 11.9 Å². The largest absolute Gasteiger partial charge is 0.508 e. The molecule has 122 valence electrons. The molecule has 2 aliphatic rings. The van der Waals surface area contributed by atoms with E-state index in [1.807, 2.05) is 12.1 Å². The molecular weight excluding hydrogens is 282 g/mol. The van der Waals surface area contributed by atoms with Crippen LogP contribution in [0, 0.1) is 0 Å². The zero-order valence-corrected chi connectivity index (χ0v) is 13.0. The second-order valence-electron chi connectivity index (χ2n) is 6.99. The number of benzene rings is 1. The van der Waals surface area contributed by atoms with Crippen LogP contribution in [0.15, 0.2) is 24.3 Å². The Balaban J connectivity index is 1.58. The van der Waals surface area contributed by atoms with Crippen LogP contribution in [0.4, 0.5) is 0 Å². The number of phenols is 1. The van der Waals surface area contributed by atoms with Gasteiger partial charge < -0.3 is 20.1 Å². The minimum Gasteiger partial charge on any atom is -0.508 e. The highest BCUT2D eigenvalue weighted by Crippen LogP contribution is 2.39. The van der Waals surface area contributed by atoms with Crippen LogP contribution in [0.5, 0.6) is 5.75 Å². The highest BCUT2D eigenvalue weighted by atomic mass is 16.5. The smallest absolute Gasteiger partial charge is 0.115 e. The van der Waals surface area contributed by atoms with Crippen molar-refractivity contribution in [2.75, 3.05) is 19.7 Å². The van der Waals surface area contributed by atoms with Crippen LogP contribution in [0.25, 0.3) is 0 Å². The molecule has 0 amide bonds. The third kappa shape index (κ3) is 3.27. The first-order valence-electron chi connectivity index (χ1n) is 7.93. The number of hydrogen-bond acceptors (Lipinski definition) is 5. The summed E-state index contributed by atoms with van der Waals surface area (Å²) >= 11 is 0. The molecule has 5 heteroatoms. The number of hydrogen-bond donors (Lipinski definition) is 3. The van der Waals surface area contributed by atoms with E-state index in [0.717, 1.165) is 38.0 Å². The van der Waals surface area contributed by atoms with Crippen molar-refractivity contribution in [2.45, 2.75) is 50.0 Å². The maximum absolute atomic E-state index is 10.3. The summed E-state index contributed by atoms with van der Waals surface area (Å²) < 4.78 is 5.90. The lowest BCUT2D eigenvalue weighted by Gasteiger charge is -2.50. The quantitative estimate of drug-likeness (QED) is 0.767. The maximum atomic E-state index is 10.3. The summed E-state index contributed by atoms with van der Waals surface area (Å²) in [6.45, 7) is 4.49. The molecule has 0 aliphatic carbocycles. The van der Waals surface area contributed by atoms with Gasteiger partial charge in [-0.05, 0) is 37.5 Å². The van der Waals surface area contributed by atoms with E-state index in [1.165, 1.54) is 0 Å². The van der Waals surface area contributed by atoms with E-state index in [0.29, 0.717) is 12.2 Å². The SMILES string of the molecule is C[C@]1(O)CC2(CCN(Cc3cccc(O)c3)CC2)OC[C@@H]1O. The van der Waals surface area contributed by atoms with Crippen LogP contribution in [-0.2, 0) is 11.3 Å². The molecular formula is C17H25NO4. The molecule has 1 spiro atoms. The summed E-state index contributed by atoms with van der Waals surface area (Å²) in [5.74, 6) is 0.298. The first-order chi connectivity index (χ1) is 10.4. The zero-order valence-electron chi connectivity index (χ0n) is 13.0. The number of rotatable bonds is 2. The minimum absolute atomic E-state index is 0.208. The van der Waals surface area contributed by atoms with Crippen LogP contribution < -0.4 is 0 Å². The number of nitrogens with zero attached hydrogens (tertiary/aromatic N) is 1. The molecule has 0 aromatic heterocycles. The lowest BCUT2D eigenvalue weighted by molar-refractivity contribution is -0.223. The molecule has 3 rings (SSSR count). The molecule has 5 nitrogen and oxygen atoms in total. The number of piperidine rings is 1. The van der Waals surface area contributed by atoms with Crippen molar-refractivity contribution >= 4 is 0 Å². The van der Waals surface area contributed by atoms with Gasteiger partial charge in [0.2, 0.25) is 0 Å². The lowest BCUT2D eigenvalue weighted by Crippen LogP contribution is -2.59. The fraction of sp³-hybridized carbons (Fsp3) is 0.647. The van der Waals surface area contributed by atoms with Gasteiger partial charge in [0.15, 0.2) is 0 Å². The van der Waals surface area contributed by atoms with Gasteiger partial charge in [-0.25, -0.2) is 0 Å². The molecule has 2 saturated heterocycles. The summed E-state index contributed by atoms with van der Waals surface area (Å²) in [4.78, 5) is 2.34. The molecule has 0 bridgehead atoms. The van der Waals surface area contributed by atoms with Gasteiger partial charge in [0.25, 0.3) is 0 Å². The van der Waals surface area contributed by atoms with Gasteiger partial charge in [-0.1, -0.05) is 12.1 Å². The number of ether oxygens (including phenoxy) is 1. The van der Waals surface area contributed by atoms with E-state index in [-0.39, 0.29) is 12.2 Å². The topological polar surface area (TPSA) is 73.2 Å². The summed E-state index contributed by atoms with van der Waals surface area (Å²) in [5.41, 5.74) is -0.271. The zero-order chi connectivity index (χ0) is 15.8. The predicted molar refractivity (Wildman–Crippen MR) is 82.5 cm³/mol. The average molecular weight is 307 g/mol. The van der Waals surface area contributed by atoms with Gasteiger partial charge in [-0.3, -0.25) is 4.90 Å². The van der Waals surface area contributed by atoms with Crippen LogP contribution in [-0.4, -0.2) is 57.2 Å². The monoisotopic (exact) mass is 307 g/mol. The van der Waals surface area contributed by atoms with Crippen molar-refractivity contribution in [3.63, 3.8) is 0 Å². The standard InChI is InChI=1S/C17H25NO4/c1-16(21)12-17(22-11-15(16)20)5-7-18(8-6-17)10-13-3-2-4-14(19)9-13/h2-4,9,15,19-21H,5-8,10-12H2,1H3/t15-,16-/m0/s1. The normalized spacial score (nSPS) is 32.2. The number of aromatic hydroxyl groups is 1. The van der Waals surface area contributed by atoms with Crippen molar-refractivity contribution in [3.05, 3.63) is 29.8 Å². The van der Waals surface area contributed by atoms with Crippen LogP contribution in [0.1, 0.15) is 31.7 Å². The van der Waals surface area contributed by atoms with E-state index in [2.05, 4.69) is 4.90 Å². The molecule has 3 N–H and O–H groups in total. The predicted octanol–water partition coefficient (Wildman–Crippen LogP) is 1.26. The molecule has 0 unspecified atom stereocenters. The van der Waals surface area contributed by atoms with Crippen LogP contribution in [0.3, 0.4) is 0 Å². The Labute approximate surface area is 131 Å². The molecule has 2 aliphatic heterocycles. The Morgan fingerprint density at radius 1 is 1.32 bits per heavy atom. The number of phenolic OH excluding ortho intramolecular Hbond substituents is 1. The van der Waals surface area contributed by atoms with Crippen molar-refractivity contribution in [2.24, 2.45) is 0 Å². The van der Waals surface area contributed by atoms with E-state index in [4.69, 9.17) is 4.74 Å². The summed E-state index contributed by atoms with van der Waals surface area (Å²) in [6, 6.07) is 7.35. The summed E-state index contributed by atoms with van der Waals surface area (Å²) in [6.07, 6.45) is 1.40. The Morgan fingerprint density at radius 2 is 2.05 bits per heavy atom. The summed E-state index contributed by atoms with van der Waals surface area (Å²) in [5, 5.41) is 29.7. The number of aliphatic hydroxyl groups excluding tert-OH is 1. The van der Waals surface area contributed by atoms with Crippen LogP contribution in [0.2, 0.25) is 0 Å². The first kappa shape index (κ1) is 15.7. The van der Waals surface area contributed by atoms with Crippen molar-refractivity contribution in [3.8, 4) is 5.75 Å². The summed E-state index contributed by atoms with van der Waals surface area (Å²) in [7, 11) is 0. The molecule has 2 fully saturated rings. The van der Waals surface area contributed by atoms with Gasteiger partial charge in [-0.2, -0.15) is 0 Å². The van der Waals surface area contributed by atoms with E-state index in [9.17, 15) is 15.3 Å². The van der Waals surface area contributed by atoms with Crippen LogP contribution >= 0.6 is 0 Å². The minimum atomic E-state index is -1.06. The van der Waals surface area contributed by atoms with Gasteiger partial charge in [-0.15, -0.1) is 0 Å². The highest BCUT2D eigenvalue weighted by molar-refractivity contribution is 5.27. The Bertz CT molecular complexity index is 523.